The van der Waals surface area contributed by atoms with Crippen LogP contribution in [0.25, 0.3) is 0 Å². The highest BCUT2D eigenvalue weighted by Gasteiger charge is 2.17. The molecule has 0 aliphatic rings. The van der Waals surface area contributed by atoms with Gasteiger partial charge >= 0.3 is 0 Å². The summed E-state index contributed by atoms with van der Waals surface area (Å²) in [5.74, 6) is 1.78. The Hall–Kier alpha value is -2.49. The number of aryl methyl sites for hydroxylation is 1. The maximum absolute atomic E-state index is 12.3. The van der Waals surface area contributed by atoms with E-state index in [1.54, 1.807) is 14.0 Å². The molecule has 2 rings (SSSR count). The topological polar surface area (TPSA) is 47.6 Å². The summed E-state index contributed by atoms with van der Waals surface area (Å²) in [6.07, 6.45) is -0.558. The van der Waals surface area contributed by atoms with Gasteiger partial charge in [0, 0.05) is 6.54 Å². The van der Waals surface area contributed by atoms with Crippen LogP contribution in [0, 0.1) is 6.92 Å². The first-order valence-electron chi connectivity index (χ1n) is 8.58. The maximum Gasteiger partial charge on any atom is 0.261 e. The molecule has 25 heavy (non-hydrogen) atoms. The highest BCUT2D eigenvalue weighted by Crippen LogP contribution is 2.28. The van der Waals surface area contributed by atoms with E-state index in [1.807, 2.05) is 37.3 Å². The fourth-order valence-corrected chi connectivity index (χ4v) is 2.54. The van der Waals surface area contributed by atoms with Crippen LogP contribution < -0.4 is 14.8 Å². The van der Waals surface area contributed by atoms with Crippen LogP contribution in [-0.4, -0.2) is 19.1 Å². The van der Waals surface area contributed by atoms with Crippen molar-refractivity contribution in [2.75, 3.05) is 7.11 Å². The molecule has 1 atom stereocenters. The standard InChI is InChI=1S/C21H27NO3/c1-14(2)19-11-6-15(3)12-20(19)25-16(4)21(23)22-13-17-7-9-18(24-5)10-8-17/h6-12,14,16H,13H2,1-5H3,(H,22,23). The van der Waals surface area contributed by atoms with Gasteiger partial charge in [-0.25, -0.2) is 0 Å². The zero-order chi connectivity index (χ0) is 18.4. The van der Waals surface area contributed by atoms with Crippen LogP contribution in [0.2, 0.25) is 0 Å². The molecule has 134 valence electrons. The Morgan fingerprint density at radius 3 is 2.36 bits per heavy atom. The second-order valence-electron chi connectivity index (χ2n) is 6.52. The number of nitrogens with one attached hydrogen (secondary N) is 1. The molecular weight excluding hydrogens is 314 g/mol. The second kappa shape index (κ2) is 8.56. The van der Waals surface area contributed by atoms with E-state index in [-0.39, 0.29) is 5.91 Å². The van der Waals surface area contributed by atoms with Crippen molar-refractivity contribution in [1.82, 2.24) is 5.32 Å². The van der Waals surface area contributed by atoms with Gasteiger partial charge in [0.15, 0.2) is 6.10 Å². The van der Waals surface area contributed by atoms with Crippen molar-refractivity contribution >= 4 is 5.91 Å². The SMILES string of the molecule is COc1ccc(CNC(=O)C(C)Oc2cc(C)ccc2C(C)C)cc1. The lowest BCUT2D eigenvalue weighted by Gasteiger charge is -2.19. The number of hydrogen-bond donors (Lipinski definition) is 1. The Balaban J connectivity index is 1.97. The molecule has 0 aliphatic carbocycles. The molecular formula is C21H27NO3. The molecule has 0 radical (unpaired) electrons. The zero-order valence-corrected chi connectivity index (χ0v) is 15.6. The van der Waals surface area contributed by atoms with Crippen LogP contribution in [0.5, 0.6) is 11.5 Å². The minimum Gasteiger partial charge on any atom is -0.497 e. The Labute approximate surface area is 150 Å². The lowest BCUT2D eigenvalue weighted by atomic mass is 10.0. The van der Waals surface area contributed by atoms with Crippen LogP contribution in [-0.2, 0) is 11.3 Å². The second-order valence-corrected chi connectivity index (χ2v) is 6.52. The molecule has 0 aromatic heterocycles. The average molecular weight is 341 g/mol. The van der Waals surface area contributed by atoms with Gasteiger partial charge in [-0.15, -0.1) is 0 Å². The van der Waals surface area contributed by atoms with E-state index in [9.17, 15) is 4.79 Å². The predicted octanol–water partition coefficient (Wildman–Crippen LogP) is 4.21. The van der Waals surface area contributed by atoms with Crippen molar-refractivity contribution in [3.05, 3.63) is 59.2 Å². The fourth-order valence-electron chi connectivity index (χ4n) is 2.54. The van der Waals surface area contributed by atoms with Gasteiger partial charge in [0.05, 0.1) is 7.11 Å². The first kappa shape index (κ1) is 18.8. The van der Waals surface area contributed by atoms with Crippen molar-refractivity contribution in [3.8, 4) is 11.5 Å². The molecule has 0 aliphatic heterocycles. The molecule has 1 amide bonds. The maximum atomic E-state index is 12.3. The van der Waals surface area contributed by atoms with E-state index in [0.717, 1.165) is 28.2 Å². The Bertz CT molecular complexity index is 708. The molecule has 2 aromatic carbocycles. The van der Waals surface area contributed by atoms with Crippen molar-refractivity contribution in [3.63, 3.8) is 0 Å². The average Bonchev–Trinajstić information content (AvgIpc) is 2.59. The lowest BCUT2D eigenvalue weighted by Crippen LogP contribution is -2.36. The number of rotatable bonds is 7. The third-order valence-corrected chi connectivity index (χ3v) is 4.09. The summed E-state index contributed by atoms with van der Waals surface area (Å²) < 4.78 is 11.1. The quantitative estimate of drug-likeness (QED) is 0.820. The smallest absolute Gasteiger partial charge is 0.261 e. The Kier molecular flexibility index (Phi) is 6.45. The minimum absolute atomic E-state index is 0.132. The van der Waals surface area contributed by atoms with E-state index in [0.29, 0.717) is 12.5 Å². The highest BCUT2D eigenvalue weighted by atomic mass is 16.5. The number of hydrogen-bond acceptors (Lipinski definition) is 3. The molecule has 4 nitrogen and oxygen atoms in total. The number of ether oxygens (including phenoxy) is 2. The third kappa shape index (κ3) is 5.24. The van der Waals surface area contributed by atoms with Crippen molar-refractivity contribution in [1.29, 1.82) is 0 Å². The highest BCUT2D eigenvalue weighted by molar-refractivity contribution is 5.80. The molecule has 0 spiro atoms. The third-order valence-electron chi connectivity index (χ3n) is 4.09. The monoisotopic (exact) mass is 341 g/mol. The first-order chi connectivity index (χ1) is 11.9. The van der Waals surface area contributed by atoms with Gasteiger partial charge in [0.2, 0.25) is 0 Å². The van der Waals surface area contributed by atoms with Crippen LogP contribution in [0.1, 0.15) is 43.4 Å². The van der Waals surface area contributed by atoms with Crippen molar-refractivity contribution in [2.24, 2.45) is 0 Å². The predicted molar refractivity (Wildman–Crippen MR) is 100 cm³/mol. The number of amides is 1. The number of methoxy groups -OCH3 is 1. The lowest BCUT2D eigenvalue weighted by molar-refractivity contribution is -0.127. The van der Waals surface area contributed by atoms with Gasteiger partial charge in [-0.3, -0.25) is 4.79 Å². The van der Waals surface area contributed by atoms with Gasteiger partial charge in [-0.05, 0) is 54.7 Å². The molecule has 0 saturated heterocycles. The molecule has 4 heteroatoms. The molecule has 1 N–H and O–H groups in total. The van der Waals surface area contributed by atoms with E-state index >= 15 is 0 Å². The van der Waals surface area contributed by atoms with Gasteiger partial charge in [-0.1, -0.05) is 38.1 Å². The summed E-state index contributed by atoms with van der Waals surface area (Å²) in [4.78, 5) is 12.3. The number of carbonyl (C=O) groups is 1. The van der Waals surface area contributed by atoms with Crippen LogP contribution in [0.15, 0.2) is 42.5 Å². The molecule has 0 heterocycles. The van der Waals surface area contributed by atoms with Crippen LogP contribution in [0.3, 0.4) is 0 Å². The number of carbonyl (C=O) groups excluding carboxylic acids is 1. The zero-order valence-electron chi connectivity index (χ0n) is 15.6. The summed E-state index contributed by atoms with van der Waals surface area (Å²) >= 11 is 0. The fraction of sp³-hybridized carbons (Fsp3) is 0.381. The van der Waals surface area contributed by atoms with E-state index < -0.39 is 6.10 Å². The van der Waals surface area contributed by atoms with E-state index in [2.05, 4.69) is 31.3 Å². The molecule has 0 saturated carbocycles. The van der Waals surface area contributed by atoms with Crippen LogP contribution >= 0.6 is 0 Å². The largest absolute Gasteiger partial charge is 0.497 e. The molecule has 1 unspecified atom stereocenters. The molecule has 2 aromatic rings. The summed E-state index contributed by atoms with van der Waals surface area (Å²) in [6, 6.07) is 13.7. The number of benzene rings is 2. The Morgan fingerprint density at radius 1 is 1.08 bits per heavy atom. The summed E-state index contributed by atoms with van der Waals surface area (Å²) in [7, 11) is 1.63. The summed E-state index contributed by atoms with van der Waals surface area (Å²) in [5.41, 5.74) is 3.24. The van der Waals surface area contributed by atoms with Crippen molar-refractivity contribution < 1.29 is 14.3 Å². The van der Waals surface area contributed by atoms with E-state index in [4.69, 9.17) is 9.47 Å². The summed E-state index contributed by atoms with van der Waals surface area (Å²) in [5, 5.41) is 2.91. The molecule has 0 fully saturated rings. The molecule has 0 bridgehead atoms. The van der Waals surface area contributed by atoms with Crippen molar-refractivity contribution in [2.45, 2.75) is 46.3 Å². The van der Waals surface area contributed by atoms with Gasteiger partial charge in [0.1, 0.15) is 11.5 Å². The minimum atomic E-state index is -0.558. The summed E-state index contributed by atoms with van der Waals surface area (Å²) in [6.45, 7) is 8.49. The van der Waals surface area contributed by atoms with E-state index in [1.165, 1.54) is 0 Å². The first-order valence-corrected chi connectivity index (χ1v) is 8.58. The van der Waals surface area contributed by atoms with Crippen LogP contribution in [0.4, 0.5) is 0 Å². The van der Waals surface area contributed by atoms with Gasteiger partial charge < -0.3 is 14.8 Å². The Morgan fingerprint density at radius 2 is 1.76 bits per heavy atom. The normalized spacial score (nSPS) is 11.9. The van der Waals surface area contributed by atoms with Gasteiger partial charge in [0.25, 0.3) is 5.91 Å². The van der Waals surface area contributed by atoms with Gasteiger partial charge in [-0.2, -0.15) is 0 Å².